The summed E-state index contributed by atoms with van der Waals surface area (Å²) in [5.74, 6) is -0.362. The quantitative estimate of drug-likeness (QED) is 0.564. The van der Waals surface area contributed by atoms with E-state index in [2.05, 4.69) is 19.9 Å². The summed E-state index contributed by atoms with van der Waals surface area (Å²) in [6.45, 7) is 0.570. The van der Waals surface area contributed by atoms with Gasteiger partial charge in [-0.3, -0.25) is 10.00 Å². The number of carbonyl (C=O) groups excluding carboxylic acids is 1. The SMILES string of the molecule is Cn1ncc(Cl)c1-c1cc(NC(=O)Oc2cccc3c2OC(F)(F)O3)ccc1OCCN. The Labute approximate surface area is 185 Å². The summed E-state index contributed by atoms with van der Waals surface area (Å²) in [5.41, 5.74) is 6.97. The Hall–Kier alpha value is -3.57. The Morgan fingerprint density at radius 1 is 1.28 bits per heavy atom. The van der Waals surface area contributed by atoms with Gasteiger partial charge in [0.1, 0.15) is 12.4 Å². The number of anilines is 1. The number of carbonyl (C=O) groups is 1. The predicted octanol–water partition coefficient (Wildman–Crippen LogP) is 4.01. The Kier molecular flexibility index (Phi) is 5.76. The maximum absolute atomic E-state index is 13.3. The number of hydrogen-bond acceptors (Lipinski definition) is 7. The monoisotopic (exact) mass is 466 g/mol. The van der Waals surface area contributed by atoms with Crippen LogP contribution in [-0.4, -0.2) is 35.3 Å². The zero-order valence-corrected chi connectivity index (χ0v) is 17.4. The van der Waals surface area contributed by atoms with Crippen LogP contribution in [0.2, 0.25) is 5.02 Å². The summed E-state index contributed by atoms with van der Waals surface area (Å²) in [5, 5.41) is 7.02. The smallest absolute Gasteiger partial charge is 0.492 e. The van der Waals surface area contributed by atoms with E-state index in [-0.39, 0.29) is 23.9 Å². The highest BCUT2D eigenvalue weighted by atomic mass is 35.5. The fraction of sp³-hybridized carbons (Fsp3) is 0.200. The molecule has 2 heterocycles. The normalized spacial score (nSPS) is 13.7. The van der Waals surface area contributed by atoms with E-state index >= 15 is 0 Å². The van der Waals surface area contributed by atoms with Crippen molar-refractivity contribution in [2.45, 2.75) is 6.29 Å². The fourth-order valence-electron chi connectivity index (χ4n) is 3.07. The van der Waals surface area contributed by atoms with Crippen molar-refractivity contribution in [3.8, 4) is 34.3 Å². The number of benzene rings is 2. The van der Waals surface area contributed by atoms with Gasteiger partial charge in [0, 0.05) is 24.8 Å². The molecule has 0 aliphatic carbocycles. The van der Waals surface area contributed by atoms with Gasteiger partial charge in [0.15, 0.2) is 11.5 Å². The number of halogens is 3. The van der Waals surface area contributed by atoms with E-state index in [4.69, 9.17) is 26.8 Å². The number of alkyl halides is 2. The third kappa shape index (κ3) is 4.39. The van der Waals surface area contributed by atoms with Crippen LogP contribution in [0, 0.1) is 0 Å². The molecule has 0 bridgehead atoms. The molecule has 2 aromatic carbocycles. The van der Waals surface area contributed by atoms with Gasteiger partial charge < -0.3 is 24.7 Å². The summed E-state index contributed by atoms with van der Waals surface area (Å²) < 4.78 is 47.8. The zero-order valence-electron chi connectivity index (χ0n) is 16.6. The number of aromatic nitrogens is 2. The molecule has 0 atom stereocenters. The van der Waals surface area contributed by atoms with Gasteiger partial charge in [-0.25, -0.2) is 4.79 Å². The average molecular weight is 467 g/mol. The van der Waals surface area contributed by atoms with Crippen LogP contribution < -0.4 is 30.0 Å². The van der Waals surface area contributed by atoms with Crippen LogP contribution in [0.25, 0.3) is 11.3 Å². The predicted molar refractivity (Wildman–Crippen MR) is 110 cm³/mol. The van der Waals surface area contributed by atoms with Crippen molar-refractivity contribution in [2.75, 3.05) is 18.5 Å². The van der Waals surface area contributed by atoms with Gasteiger partial charge in [0.2, 0.25) is 5.75 Å². The van der Waals surface area contributed by atoms with Crippen molar-refractivity contribution in [1.29, 1.82) is 0 Å². The van der Waals surface area contributed by atoms with Gasteiger partial charge in [-0.2, -0.15) is 5.10 Å². The van der Waals surface area contributed by atoms with Gasteiger partial charge >= 0.3 is 12.4 Å². The lowest BCUT2D eigenvalue weighted by atomic mass is 10.1. The lowest BCUT2D eigenvalue weighted by Gasteiger charge is -2.14. The second kappa shape index (κ2) is 8.52. The van der Waals surface area contributed by atoms with Gasteiger partial charge in [-0.05, 0) is 30.3 Å². The second-order valence-corrected chi connectivity index (χ2v) is 6.99. The molecule has 0 unspecified atom stereocenters. The fourth-order valence-corrected chi connectivity index (χ4v) is 3.34. The Balaban J connectivity index is 1.57. The highest BCUT2D eigenvalue weighted by Crippen LogP contribution is 2.47. The van der Waals surface area contributed by atoms with E-state index in [0.717, 1.165) is 0 Å². The Morgan fingerprint density at radius 3 is 2.81 bits per heavy atom. The minimum absolute atomic E-state index is 0.227. The molecule has 3 aromatic rings. The first-order valence-electron chi connectivity index (χ1n) is 9.30. The van der Waals surface area contributed by atoms with E-state index in [1.54, 1.807) is 29.9 Å². The van der Waals surface area contributed by atoms with Crippen LogP contribution in [0.4, 0.5) is 19.3 Å². The number of ether oxygens (including phenoxy) is 4. The van der Waals surface area contributed by atoms with Crippen molar-refractivity contribution < 1.29 is 32.5 Å². The standard InChI is InChI=1S/C20H17ClF2N4O5/c1-27-17(13(21)10-25-27)12-9-11(5-6-14(12)29-8-7-24)26-19(28)30-15-3-2-4-16-18(15)32-20(22,23)31-16/h2-6,9-10H,7-8,24H2,1H3,(H,26,28). The number of nitrogens with zero attached hydrogens (tertiary/aromatic N) is 2. The molecule has 9 nitrogen and oxygen atoms in total. The minimum atomic E-state index is -3.84. The molecule has 0 radical (unpaired) electrons. The van der Waals surface area contributed by atoms with Crippen molar-refractivity contribution in [1.82, 2.24) is 9.78 Å². The first-order valence-corrected chi connectivity index (χ1v) is 9.67. The molecule has 1 amide bonds. The first kappa shape index (κ1) is 21.7. The van der Waals surface area contributed by atoms with Gasteiger partial charge in [-0.1, -0.05) is 17.7 Å². The molecule has 168 valence electrons. The number of nitrogens with two attached hydrogens (primary N) is 1. The molecule has 1 aliphatic heterocycles. The third-order valence-electron chi connectivity index (χ3n) is 4.35. The van der Waals surface area contributed by atoms with E-state index in [0.29, 0.717) is 34.3 Å². The van der Waals surface area contributed by atoms with Crippen LogP contribution >= 0.6 is 11.6 Å². The lowest BCUT2D eigenvalue weighted by molar-refractivity contribution is -0.287. The summed E-state index contributed by atoms with van der Waals surface area (Å²) in [4.78, 5) is 12.4. The van der Waals surface area contributed by atoms with E-state index in [1.807, 2.05) is 0 Å². The lowest BCUT2D eigenvalue weighted by Crippen LogP contribution is -2.26. The highest BCUT2D eigenvalue weighted by Gasteiger charge is 2.45. The molecule has 0 fully saturated rings. The van der Waals surface area contributed by atoms with Crippen molar-refractivity contribution in [3.05, 3.63) is 47.6 Å². The van der Waals surface area contributed by atoms with Crippen LogP contribution in [0.15, 0.2) is 42.6 Å². The van der Waals surface area contributed by atoms with Gasteiger partial charge in [0.05, 0.1) is 16.9 Å². The van der Waals surface area contributed by atoms with Crippen LogP contribution in [0.5, 0.6) is 23.0 Å². The first-order chi connectivity index (χ1) is 15.3. The molecule has 0 saturated carbocycles. The van der Waals surface area contributed by atoms with E-state index in [9.17, 15) is 13.6 Å². The molecular weight excluding hydrogens is 450 g/mol. The van der Waals surface area contributed by atoms with Crippen LogP contribution in [-0.2, 0) is 7.05 Å². The van der Waals surface area contributed by atoms with Crippen molar-refractivity contribution >= 4 is 23.4 Å². The molecule has 3 N–H and O–H groups in total. The Bertz CT molecular complexity index is 1150. The van der Waals surface area contributed by atoms with Crippen molar-refractivity contribution in [2.24, 2.45) is 12.8 Å². The molecule has 4 rings (SSSR count). The molecule has 0 spiro atoms. The zero-order chi connectivity index (χ0) is 22.9. The van der Waals surface area contributed by atoms with Crippen LogP contribution in [0.1, 0.15) is 0 Å². The summed E-state index contributed by atoms with van der Waals surface area (Å²) in [6.07, 6.45) is -3.30. The molecule has 0 saturated heterocycles. The minimum Gasteiger partial charge on any atom is -0.492 e. The number of amides is 1. The largest absolute Gasteiger partial charge is 0.586 e. The molecular formula is C20H17ClF2N4O5. The topological polar surface area (TPSA) is 110 Å². The summed E-state index contributed by atoms with van der Waals surface area (Å²) >= 11 is 6.27. The molecule has 12 heteroatoms. The maximum Gasteiger partial charge on any atom is 0.586 e. The number of aryl methyl sites for hydroxylation is 1. The second-order valence-electron chi connectivity index (χ2n) is 6.58. The number of hydrogen-bond donors (Lipinski definition) is 2. The number of fused-ring (bicyclic) bond motifs is 1. The summed E-state index contributed by atoms with van der Waals surface area (Å²) in [7, 11) is 1.70. The third-order valence-corrected chi connectivity index (χ3v) is 4.62. The maximum atomic E-state index is 13.3. The average Bonchev–Trinajstić information content (AvgIpc) is 3.24. The van der Waals surface area contributed by atoms with E-state index < -0.39 is 12.4 Å². The van der Waals surface area contributed by atoms with E-state index in [1.165, 1.54) is 24.4 Å². The summed E-state index contributed by atoms with van der Waals surface area (Å²) in [6, 6.07) is 8.77. The number of nitrogens with one attached hydrogen (secondary N) is 1. The Morgan fingerprint density at radius 2 is 2.09 bits per heavy atom. The van der Waals surface area contributed by atoms with Crippen molar-refractivity contribution in [3.63, 3.8) is 0 Å². The van der Waals surface area contributed by atoms with Gasteiger partial charge in [-0.15, -0.1) is 8.78 Å². The molecule has 32 heavy (non-hydrogen) atoms. The number of rotatable bonds is 6. The van der Waals surface area contributed by atoms with Crippen LogP contribution in [0.3, 0.4) is 0 Å². The van der Waals surface area contributed by atoms with Gasteiger partial charge in [0.25, 0.3) is 0 Å². The number of para-hydroxylation sites is 1. The molecule has 1 aromatic heterocycles. The highest BCUT2D eigenvalue weighted by molar-refractivity contribution is 6.33. The molecule has 1 aliphatic rings.